The summed E-state index contributed by atoms with van der Waals surface area (Å²) in [7, 11) is 3.45. The van der Waals surface area contributed by atoms with E-state index >= 15 is 0 Å². The number of nitrogens with two attached hydrogens (primary N) is 2. The monoisotopic (exact) mass is 417 g/mol. The Kier molecular flexibility index (Phi) is 7.79. The summed E-state index contributed by atoms with van der Waals surface area (Å²) in [6.45, 7) is -0.0171. The highest BCUT2D eigenvalue weighted by Gasteiger charge is 2.25. The largest absolute Gasteiger partial charge is 0.489 e. The van der Waals surface area contributed by atoms with Gasteiger partial charge in [-0.15, -0.1) is 0 Å². The number of nitrogens with zero attached hydrogens (tertiary/aromatic N) is 3. The lowest BCUT2D eigenvalue weighted by atomic mass is 9.98. The maximum atomic E-state index is 12.4. The Balaban J connectivity index is 1.62. The zero-order valence-corrected chi connectivity index (χ0v) is 18.2. The smallest absolute Gasteiger partial charge is 0.410 e. The van der Waals surface area contributed by atoms with Gasteiger partial charge < -0.3 is 25.1 Å². The lowest BCUT2D eigenvalue weighted by molar-refractivity contribution is 0.0999. The van der Waals surface area contributed by atoms with Crippen LogP contribution in [0.1, 0.15) is 63.5 Å². The van der Waals surface area contributed by atoms with E-state index in [0.717, 1.165) is 44.3 Å². The fourth-order valence-electron chi connectivity index (χ4n) is 4.17. The van der Waals surface area contributed by atoms with Crippen molar-refractivity contribution in [3.8, 4) is 5.75 Å². The molecule has 8 heteroatoms. The van der Waals surface area contributed by atoms with Crippen LogP contribution in [0, 0.1) is 0 Å². The van der Waals surface area contributed by atoms with Crippen molar-refractivity contribution in [3.05, 3.63) is 29.7 Å². The van der Waals surface area contributed by atoms with Crippen LogP contribution >= 0.6 is 0 Å². The molecule has 30 heavy (non-hydrogen) atoms. The summed E-state index contributed by atoms with van der Waals surface area (Å²) in [5.41, 5.74) is 7.75. The van der Waals surface area contributed by atoms with Gasteiger partial charge in [-0.1, -0.05) is 19.3 Å². The fraction of sp³-hybridized carbons (Fsp3) is 0.636. The number of pyridine rings is 1. The molecule has 0 aliphatic heterocycles. The first-order chi connectivity index (χ1) is 14.5. The Hall–Kier alpha value is -2.48. The number of carbonyl (C=O) groups is 1. The average Bonchev–Trinajstić information content (AvgIpc) is 3.29. The lowest BCUT2D eigenvalue weighted by Gasteiger charge is -2.25. The highest BCUT2D eigenvalue weighted by atomic mass is 16.6. The quantitative estimate of drug-likeness (QED) is 0.518. The SMILES string of the molecule is CN(N)/C(COC(=O)N(C)C1CCCC1)=C(\N)c1ccc(OC2CCCCC2)cn1. The van der Waals surface area contributed by atoms with E-state index in [1.165, 1.54) is 24.3 Å². The van der Waals surface area contributed by atoms with Gasteiger partial charge in [-0.25, -0.2) is 10.6 Å². The second-order valence-electron chi connectivity index (χ2n) is 8.33. The second kappa shape index (κ2) is 10.5. The maximum absolute atomic E-state index is 12.4. The van der Waals surface area contributed by atoms with E-state index in [0.29, 0.717) is 17.1 Å². The van der Waals surface area contributed by atoms with Crippen molar-refractivity contribution in [1.82, 2.24) is 14.9 Å². The summed E-state index contributed by atoms with van der Waals surface area (Å²) in [6.07, 6.45) is 11.8. The summed E-state index contributed by atoms with van der Waals surface area (Å²) in [4.78, 5) is 18.5. The summed E-state index contributed by atoms with van der Waals surface area (Å²) in [5.74, 6) is 6.69. The Bertz CT molecular complexity index is 723. The normalized spacial score (nSPS) is 18.6. The van der Waals surface area contributed by atoms with Gasteiger partial charge in [-0.3, -0.25) is 4.98 Å². The van der Waals surface area contributed by atoms with E-state index in [-0.39, 0.29) is 24.8 Å². The Morgan fingerprint density at radius 1 is 1.10 bits per heavy atom. The minimum absolute atomic E-state index is 0.0171. The Morgan fingerprint density at radius 3 is 2.37 bits per heavy atom. The first kappa shape index (κ1) is 22.2. The molecule has 4 N–H and O–H groups in total. The first-order valence-electron chi connectivity index (χ1n) is 11.0. The lowest BCUT2D eigenvalue weighted by Crippen LogP contribution is -2.37. The van der Waals surface area contributed by atoms with Gasteiger partial charge in [-0.05, 0) is 50.7 Å². The predicted molar refractivity (Wildman–Crippen MR) is 116 cm³/mol. The highest BCUT2D eigenvalue weighted by molar-refractivity contribution is 5.69. The maximum Gasteiger partial charge on any atom is 0.410 e. The van der Waals surface area contributed by atoms with Crippen molar-refractivity contribution in [1.29, 1.82) is 0 Å². The zero-order valence-electron chi connectivity index (χ0n) is 18.2. The van der Waals surface area contributed by atoms with Gasteiger partial charge in [0.2, 0.25) is 0 Å². The molecule has 0 unspecified atom stereocenters. The minimum atomic E-state index is -0.363. The van der Waals surface area contributed by atoms with Crippen LogP contribution in [0.3, 0.4) is 0 Å². The number of carbonyl (C=O) groups excluding carboxylic acids is 1. The fourth-order valence-corrected chi connectivity index (χ4v) is 4.17. The molecule has 2 saturated carbocycles. The van der Waals surface area contributed by atoms with Crippen LogP contribution < -0.4 is 16.3 Å². The molecule has 1 aromatic heterocycles. The van der Waals surface area contributed by atoms with Crippen LogP contribution in [-0.4, -0.2) is 53.8 Å². The van der Waals surface area contributed by atoms with E-state index in [9.17, 15) is 4.79 Å². The van der Waals surface area contributed by atoms with E-state index in [1.807, 2.05) is 12.1 Å². The molecule has 1 aromatic rings. The van der Waals surface area contributed by atoms with Crippen LogP contribution in [0.5, 0.6) is 5.75 Å². The molecule has 2 aliphatic rings. The first-order valence-corrected chi connectivity index (χ1v) is 11.0. The van der Waals surface area contributed by atoms with Crippen LogP contribution in [-0.2, 0) is 4.74 Å². The summed E-state index contributed by atoms with van der Waals surface area (Å²) in [6, 6.07) is 3.93. The number of hydrogen-bond acceptors (Lipinski definition) is 7. The molecule has 0 saturated heterocycles. The zero-order chi connectivity index (χ0) is 21.5. The summed E-state index contributed by atoms with van der Waals surface area (Å²) < 4.78 is 11.5. The second-order valence-corrected chi connectivity index (χ2v) is 8.33. The molecular formula is C22H35N5O3. The van der Waals surface area contributed by atoms with Gasteiger partial charge in [-0.2, -0.15) is 0 Å². The van der Waals surface area contributed by atoms with E-state index < -0.39 is 0 Å². The third-order valence-electron chi connectivity index (χ3n) is 6.10. The summed E-state index contributed by atoms with van der Waals surface area (Å²) >= 11 is 0. The topological polar surface area (TPSA) is 107 Å². The number of hydrazine groups is 1. The van der Waals surface area contributed by atoms with Crippen molar-refractivity contribution < 1.29 is 14.3 Å². The number of likely N-dealkylation sites (N-methyl/N-ethyl adjacent to an activating group) is 1. The van der Waals surface area contributed by atoms with Crippen molar-refractivity contribution in [2.75, 3.05) is 20.7 Å². The molecule has 0 spiro atoms. The van der Waals surface area contributed by atoms with Crippen LogP contribution in [0.15, 0.2) is 24.0 Å². The van der Waals surface area contributed by atoms with Gasteiger partial charge in [0, 0.05) is 20.1 Å². The van der Waals surface area contributed by atoms with Crippen LogP contribution in [0.25, 0.3) is 5.70 Å². The number of rotatable bonds is 7. The van der Waals surface area contributed by atoms with E-state index in [4.69, 9.17) is 21.1 Å². The molecule has 1 amide bonds. The third kappa shape index (κ3) is 5.78. The van der Waals surface area contributed by atoms with E-state index in [1.54, 1.807) is 25.2 Å². The Morgan fingerprint density at radius 2 is 1.77 bits per heavy atom. The molecule has 0 radical (unpaired) electrons. The van der Waals surface area contributed by atoms with Crippen molar-refractivity contribution >= 4 is 11.8 Å². The van der Waals surface area contributed by atoms with Crippen molar-refractivity contribution in [3.63, 3.8) is 0 Å². The van der Waals surface area contributed by atoms with Crippen LogP contribution in [0.4, 0.5) is 4.79 Å². The molecule has 166 valence electrons. The molecule has 8 nitrogen and oxygen atoms in total. The van der Waals surface area contributed by atoms with Gasteiger partial charge >= 0.3 is 6.09 Å². The van der Waals surface area contributed by atoms with Gasteiger partial charge in [0.05, 0.1) is 29.4 Å². The standard InChI is InChI=1S/C22H35N5O3/c1-26(16-8-6-7-9-16)22(28)29-15-20(27(2)24)21(23)19-13-12-18(14-25-19)30-17-10-4-3-5-11-17/h12-14,16-17H,3-11,15,23-24H2,1-2H3/b21-20-. The number of ether oxygens (including phenoxy) is 2. The molecule has 2 aliphatic carbocycles. The molecule has 0 bridgehead atoms. The van der Waals surface area contributed by atoms with Gasteiger partial charge in [0.1, 0.15) is 12.4 Å². The minimum Gasteiger partial charge on any atom is -0.489 e. The number of hydrogen-bond donors (Lipinski definition) is 2. The molecule has 2 fully saturated rings. The third-order valence-corrected chi connectivity index (χ3v) is 6.10. The Labute approximate surface area is 179 Å². The molecule has 3 rings (SSSR count). The predicted octanol–water partition coefficient (Wildman–Crippen LogP) is 3.24. The number of aromatic nitrogens is 1. The van der Waals surface area contributed by atoms with Gasteiger partial charge in [0.25, 0.3) is 0 Å². The van der Waals surface area contributed by atoms with Crippen LogP contribution in [0.2, 0.25) is 0 Å². The highest BCUT2D eigenvalue weighted by Crippen LogP contribution is 2.25. The molecule has 0 atom stereocenters. The molecule has 1 heterocycles. The molecular weight excluding hydrogens is 382 g/mol. The van der Waals surface area contributed by atoms with Crippen molar-refractivity contribution in [2.45, 2.75) is 69.9 Å². The number of amides is 1. The molecule has 0 aromatic carbocycles. The average molecular weight is 418 g/mol. The van der Waals surface area contributed by atoms with Gasteiger partial charge in [0.15, 0.2) is 0 Å². The van der Waals surface area contributed by atoms with Crippen molar-refractivity contribution in [2.24, 2.45) is 11.6 Å². The summed E-state index contributed by atoms with van der Waals surface area (Å²) in [5, 5.41) is 1.37. The van der Waals surface area contributed by atoms with E-state index in [2.05, 4.69) is 4.98 Å².